The van der Waals surface area contributed by atoms with Crippen LogP contribution in [0, 0.1) is 6.92 Å². The van der Waals surface area contributed by atoms with Gasteiger partial charge < -0.3 is 4.52 Å². The summed E-state index contributed by atoms with van der Waals surface area (Å²) in [7, 11) is -3.64. The van der Waals surface area contributed by atoms with Crippen molar-refractivity contribution >= 4 is 10.0 Å². The number of rotatable bonds is 4. The number of sulfonamides is 1. The van der Waals surface area contributed by atoms with Gasteiger partial charge in [0.1, 0.15) is 0 Å². The molecule has 17 heavy (non-hydrogen) atoms. The number of nitrogens with zero attached hydrogens (tertiary/aromatic N) is 3. The Balaban J connectivity index is 2.09. The highest BCUT2D eigenvalue weighted by atomic mass is 32.2. The maximum Gasteiger partial charge on any atom is 0.258 e. The summed E-state index contributed by atoms with van der Waals surface area (Å²) >= 11 is 0. The predicted octanol–water partition coefficient (Wildman–Crippen LogP) is 0.252. The molecule has 0 amide bonds. The molecule has 90 valence electrons. The second-order valence-corrected chi connectivity index (χ2v) is 4.94. The summed E-state index contributed by atoms with van der Waals surface area (Å²) in [6, 6.07) is 4.64. The van der Waals surface area contributed by atoms with Gasteiger partial charge >= 0.3 is 0 Å². The predicted molar refractivity (Wildman–Crippen MR) is 57.3 cm³/mol. The highest BCUT2D eigenvalue weighted by Gasteiger charge is 2.16. The van der Waals surface area contributed by atoms with Crippen LogP contribution in [-0.4, -0.2) is 23.5 Å². The fourth-order valence-electron chi connectivity index (χ4n) is 1.15. The van der Waals surface area contributed by atoms with E-state index in [2.05, 4.69) is 19.8 Å². The Morgan fingerprint density at radius 1 is 1.41 bits per heavy atom. The lowest BCUT2D eigenvalue weighted by Crippen LogP contribution is -2.24. The Hall–Kier alpha value is -1.80. The van der Waals surface area contributed by atoms with E-state index in [1.807, 2.05) is 0 Å². The van der Waals surface area contributed by atoms with Gasteiger partial charge in [-0.3, -0.25) is 0 Å². The molecule has 2 heterocycles. The highest BCUT2D eigenvalue weighted by molar-refractivity contribution is 7.89. The molecule has 0 fully saturated rings. The van der Waals surface area contributed by atoms with Crippen molar-refractivity contribution in [2.45, 2.75) is 18.5 Å². The van der Waals surface area contributed by atoms with Gasteiger partial charge in [0.2, 0.25) is 5.89 Å². The number of hydrogen-bond donors (Lipinski definition) is 1. The third-order valence-corrected chi connectivity index (χ3v) is 3.21. The molecule has 0 aromatic carbocycles. The fraction of sp³-hybridized carbons (Fsp3) is 0.222. The van der Waals surface area contributed by atoms with Crippen molar-refractivity contribution in [3.05, 3.63) is 36.1 Å². The smallest absolute Gasteiger partial charge is 0.258 e. The molecule has 0 saturated carbocycles. The first-order valence-corrected chi connectivity index (χ1v) is 6.26. The monoisotopic (exact) mass is 254 g/mol. The van der Waals surface area contributed by atoms with E-state index in [0.717, 1.165) is 0 Å². The molecule has 0 bridgehead atoms. The molecule has 2 aromatic rings. The molecule has 7 nitrogen and oxygen atoms in total. The van der Waals surface area contributed by atoms with Crippen molar-refractivity contribution < 1.29 is 12.9 Å². The van der Waals surface area contributed by atoms with Crippen molar-refractivity contribution in [2.75, 3.05) is 0 Å². The maximum atomic E-state index is 11.7. The molecule has 1 N–H and O–H groups in total. The van der Waals surface area contributed by atoms with Crippen LogP contribution in [0.15, 0.2) is 33.9 Å². The van der Waals surface area contributed by atoms with E-state index in [4.69, 9.17) is 4.52 Å². The molecule has 0 aliphatic rings. The molecular weight excluding hydrogens is 244 g/mol. The zero-order valence-electron chi connectivity index (χ0n) is 8.99. The van der Waals surface area contributed by atoms with Crippen molar-refractivity contribution in [1.29, 1.82) is 0 Å². The number of aryl methyl sites for hydroxylation is 1. The van der Waals surface area contributed by atoms with Crippen LogP contribution in [0.2, 0.25) is 0 Å². The summed E-state index contributed by atoms with van der Waals surface area (Å²) in [5.74, 6) is 0.666. The Kier molecular flexibility index (Phi) is 3.16. The van der Waals surface area contributed by atoms with Crippen LogP contribution in [0.5, 0.6) is 0 Å². The minimum absolute atomic E-state index is 0.0452. The Bertz CT molecular complexity index is 594. The zero-order valence-corrected chi connectivity index (χ0v) is 9.81. The maximum absolute atomic E-state index is 11.7. The summed E-state index contributed by atoms with van der Waals surface area (Å²) < 4.78 is 30.6. The van der Waals surface area contributed by atoms with E-state index in [9.17, 15) is 8.42 Å². The van der Waals surface area contributed by atoms with E-state index in [1.165, 1.54) is 12.3 Å². The van der Waals surface area contributed by atoms with Crippen LogP contribution in [0.3, 0.4) is 0 Å². The molecule has 0 unspecified atom stereocenters. The van der Waals surface area contributed by atoms with Gasteiger partial charge in [0.25, 0.3) is 10.0 Å². The van der Waals surface area contributed by atoms with Gasteiger partial charge in [0, 0.05) is 6.20 Å². The molecule has 2 aromatic heterocycles. The lowest BCUT2D eigenvalue weighted by molar-refractivity contribution is 0.372. The molecule has 8 heteroatoms. The van der Waals surface area contributed by atoms with Gasteiger partial charge in [0.15, 0.2) is 10.9 Å². The van der Waals surface area contributed by atoms with Crippen LogP contribution in [-0.2, 0) is 16.6 Å². The van der Waals surface area contributed by atoms with E-state index < -0.39 is 10.0 Å². The molecule has 0 radical (unpaired) electrons. The van der Waals surface area contributed by atoms with Crippen LogP contribution in [0.4, 0.5) is 0 Å². The Morgan fingerprint density at radius 2 is 2.24 bits per heavy atom. The molecule has 0 spiro atoms. The standard InChI is InChI=1S/C9H10N4O3S/c1-7-12-8(16-13-7)6-11-17(14,15)9-4-2-3-5-10-9/h2-5,11H,6H2,1H3. The number of hydrogen-bond acceptors (Lipinski definition) is 6. The minimum atomic E-state index is -3.64. The zero-order chi connectivity index (χ0) is 12.3. The van der Waals surface area contributed by atoms with E-state index in [1.54, 1.807) is 19.1 Å². The van der Waals surface area contributed by atoms with Crippen molar-refractivity contribution in [2.24, 2.45) is 0 Å². The second kappa shape index (κ2) is 4.60. The first-order chi connectivity index (χ1) is 8.08. The van der Waals surface area contributed by atoms with Crippen LogP contribution < -0.4 is 4.72 Å². The third kappa shape index (κ3) is 2.86. The van der Waals surface area contributed by atoms with E-state index >= 15 is 0 Å². The van der Waals surface area contributed by atoms with Crippen LogP contribution >= 0.6 is 0 Å². The Labute approximate surface area is 97.9 Å². The second-order valence-electron chi connectivity index (χ2n) is 3.23. The molecular formula is C9H10N4O3S. The van der Waals surface area contributed by atoms with Crippen molar-refractivity contribution in [3.8, 4) is 0 Å². The quantitative estimate of drug-likeness (QED) is 0.839. The van der Waals surface area contributed by atoms with Gasteiger partial charge in [0.05, 0.1) is 6.54 Å². The third-order valence-electron chi connectivity index (χ3n) is 1.90. The van der Waals surface area contributed by atoms with Crippen LogP contribution in [0.25, 0.3) is 0 Å². The highest BCUT2D eigenvalue weighted by Crippen LogP contribution is 2.04. The minimum Gasteiger partial charge on any atom is -0.338 e. The molecule has 2 rings (SSSR count). The number of pyridine rings is 1. The Morgan fingerprint density at radius 3 is 2.82 bits per heavy atom. The SMILES string of the molecule is Cc1noc(CNS(=O)(=O)c2ccccn2)n1. The van der Waals surface area contributed by atoms with Crippen molar-refractivity contribution in [1.82, 2.24) is 19.8 Å². The molecule has 0 aliphatic heterocycles. The lowest BCUT2D eigenvalue weighted by atomic mass is 10.5. The summed E-state index contributed by atoms with van der Waals surface area (Å²) in [6.07, 6.45) is 1.41. The molecule has 0 saturated heterocycles. The van der Waals surface area contributed by atoms with Crippen LogP contribution in [0.1, 0.15) is 11.7 Å². The normalized spacial score (nSPS) is 11.6. The first kappa shape index (κ1) is 11.7. The van der Waals surface area contributed by atoms with Crippen molar-refractivity contribution in [3.63, 3.8) is 0 Å². The average molecular weight is 254 g/mol. The van der Waals surface area contributed by atoms with Gasteiger partial charge in [-0.25, -0.2) is 18.1 Å². The largest absolute Gasteiger partial charge is 0.338 e. The lowest BCUT2D eigenvalue weighted by Gasteiger charge is -2.02. The topological polar surface area (TPSA) is 98.0 Å². The van der Waals surface area contributed by atoms with E-state index in [0.29, 0.717) is 5.82 Å². The molecule has 0 aliphatic carbocycles. The summed E-state index contributed by atoms with van der Waals surface area (Å²) in [6.45, 7) is 1.60. The van der Waals surface area contributed by atoms with Gasteiger partial charge in [-0.1, -0.05) is 11.2 Å². The summed E-state index contributed by atoms with van der Waals surface area (Å²) in [5.41, 5.74) is 0. The number of nitrogens with one attached hydrogen (secondary N) is 1. The van der Waals surface area contributed by atoms with Gasteiger partial charge in [-0.15, -0.1) is 0 Å². The average Bonchev–Trinajstić information content (AvgIpc) is 2.74. The summed E-state index contributed by atoms with van der Waals surface area (Å²) in [4.78, 5) is 7.63. The fourth-order valence-corrected chi connectivity index (χ4v) is 2.07. The van der Waals surface area contributed by atoms with Gasteiger partial charge in [-0.2, -0.15) is 4.98 Å². The number of aromatic nitrogens is 3. The summed E-state index contributed by atoms with van der Waals surface area (Å²) in [5, 5.41) is 3.51. The first-order valence-electron chi connectivity index (χ1n) is 4.78. The van der Waals surface area contributed by atoms with E-state index in [-0.39, 0.29) is 17.5 Å². The van der Waals surface area contributed by atoms with Gasteiger partial charge in [-0.05, 0) is 19.1 Å². The molecule has 0 atom stereocenters.